The minimum absolute atomic E-state index is 0.0599. The number of benzene rings is 1. The Morgan fingerprint density at radius 3 is 2.41 bits per heavy atom. The first-order valence-electron chi connectivity index (χ1n) is 8.92. The first kappa shape index (κ1) is 20.8. The Morgan fingerprint density at radius 2 is 1.85 bits per heavy atom. The summed E-state index contributed by atoms with van der Waals surface area (Å²) in [5.41, 5.74) is -0.556. The Bertz CT molecular complexity index is 695. The van der Waals surface area contributed by atoms with E-state index in [-0.39, 0.29) is 11.8 Å². The number of nitrogens with one attached hydrogen (secondary N) is 2. The molecule has 150 valence electrons. The summed E-state index contributed by atoms with van der Waals surface area (Å²) in [6.45, 7) is 8.41. The van der Waals surface area contributed by atoms with Crippen molar-refractivity contribution in [2.75, 3.05) is 25.5 Å². The molecule has 3 amide bonds. The predicted molar refractivity (Wildman–Crippen MR) is 101 cm³/mol. The summed E-state index contributed by atoms with van der Waals surface area (Å²) < 4.78 is 23.7. The molecule has 1 aromatic carbocycles. The summed E-state index contributed by atoms with van der Waals surface area (Å²) in [6.07, 6.45) is 0.867. The van der Waals surface area contributed by atoms with Crippen LogP contribution in [-0.4, -0.2) is 48.4 Å². The van der Waals surface area contributed by atoms with E-state index >= 15 is 0 Å². The first-order valence-corrected chi connectivity index (χ1v) is 8.92. The van der Waals surface area contributed by atoms with Gasteiger partial charge >= 0.3 is 12.1 Å². The number of carbonyl (C=O) groups is 2. The number of hydrogen-bond acceptors (Lipinski definition) is 4. The third-order valence-electron chi connectivity index (χ3n) is 4.34. The van der Waals surface area contributed by atoms with Crippen molar-refractivity contribution in [3.05, 3.63) is 24.0 Å². The second-order valence-electron chi connectivity index (χ2n) is 7.96. The standard InChI is InChI=1S/C19H28FN3O4/c1-18(2,3)27-17(25)23-10-8-19(4,9-11-23)22-16(24)21-13-6-7-14(20)15(12-13)26-5/h6-7,12H,8-11H2,1-5H3,(H2,21,22,24). The van der Waals surface area contributed by atoms with Crippen molar-refractivity contribution >= 4 is 17.8 Å². The second kappa shape index (κ2) is 8.02. The number of nitrogens with zero attached hydrogens (tertiary/aromatic N) is 1. The highest BCUT2D eigenvalue weighted by Gasteiger charge is 2.34. The molecule has 8 heteroatoms. The number of anilines is 1. The predicted octanol–water partition coefficient (Wildman–Crippen LogP) is 3.75. The Balaban J connectivity index is 1.88. The number of urea groups is 1. The van der Waals surface area contributed by atoms with Crippen LogP contribution in [0.15, 0.2) is 18.2 Å². The van der Waals surface area contributed by atoms with Crippen molar-refractivity contribution in [3.8, 4) is 5.75 Å². The molecule has 1 aliphatic heterocycles. The van der Waals surface area contributed by atoms with Crippen LogP contribution in [0.25, 0.3) is 0 Å². The van der Waals surface area contributed by atoms with Crippen LogP contribution in [0.2, 0.25) is 0 Å². The number of ether oxygens (including phenoxy) is 2. The van der Waals surface area contributed by atoms with Crippen LogP contribution < -0.4 is 15.4 Å². The van der Waals surface area contributed by atoms with Gasteiger partial charge in [-0.1, -0.05) is 0 Å². The van der Waals surface area contributed by atoms with Gasteiger partial charge in [-0.15, -0.1) is 0 Å². The van der Waals surface area contributed by atoms with Gasteiger partial charge in [0.1, 0.15) is 5.60 Å². The first-order chi connectivity index (χ1) is 12.5. The fraction of sp³-hybridized carbons (Fsp3) is 0.579. The number of halogens is 1. The van der Waals surface area contributed by atoms with E-state index in [0.29, 0.717) is 31.6 Å². The summed E-state index contributed by atoms with van der Waals surface area (Å²) >= 11 is 0. The van der Waals surface area contributed by atoms with Gasteiger partial charge < -0.3 is 25.0 Å². The van der Waals surface area contributed by atoms with Crippen LogP contribution >= 0.6 is 0 Å². The van der Waals surface area contributed by atoms with Gasteiger partial charge in [0.2, 0.25) is 0 Å². The molecule has 1 saturated heterocycles. The zero-order valence-corrected chi connectivity index (χ0v) is 16.5. The van der Waals surface area contributed by atoms with E-state index in [9.17, 15) is 14.0 Å². The second-order valence-corrected chi connectivity index (χ2v) is 7.96. The molecule has 0 saturated carbocycles. The zero-order chi connectivity index (χ0) is 20.2. The van der Waals surface area contributed by atoms with Crippen LogP contribution in [0.5, 0.6) is 5.75 Å². The lowest BCUT2D eigenvalue weighted by atomic mass is 9.90. The van der Waals surface area contributed by atoms with Gasteiger partial charge in [0.25, 0.3) is 0 Å². The van der Waals surface area contributed by atoms with Gasteiger partial charge in [-0.05, 0) is 52.7 Å². The maximum atomic E-state index is 13.5. The van der Waals surface area contributed by atoms with Gasteiger partial charge in [-0.3, -0.25) is 0 Å². The van der Waals surface area contributed by atoms with Gasteiger partial charge in [0.05, 0.1) is 7.11 Å². The van der Waals surface area contributed by atoms with Crippen LogP contribution in [0.3, 0.4) is 0 Å². The topological polar surface area (TPSA) is 79.9 Å². The number of likely N-dealkylation sites (tertiary alicyclic amines) is 1. The quantitative estimate of drug-likeness (QED) is 0.836. The molecule has 0 radical (unpaired) electrons. The molecule has 1 fully saturated rings. The highest BCUT2D eigenvalue weighted by Crippen LogP contribution is 2.24. The van der Waals surface area contributed by atoms with Gasteiger partial charge in [-0.2, -0.15) is 0 Å². The van der Waals surface area contributed by atoms with Gasteiger partial charge in [0, 0.05) is 30.4 Å². The lowest BCUT2D eigenvalue weighted by Crippen LogP contribution is -2.55. The third kappa shape index (κ3) is 6.01. The van der Waals surface area contributed by atoms with E-state index in [2.05, 4.69) is 10.6 Å². The van der Waals surface area contributed by atoms with Crippen molar-refractivity contribution in [1.82, 2.24) is 10.2 Å². The van der Waals surface area contributed by atoms with E-state index in [1.807, 2.05) is 27.7 Å². The van der Waals surface area contributed by atoms with Crippen LogP contribution in [0, 0.1) is 5.82 Å². The molecule has 2 N–H and O–H groups in total. The molecule has 27 heavy (non-hydrogen) atoms. The van der Waals surface area contributed by atoms with Crippen LogP contribution in [0.1, 0.15) is 40.5 Å². The number of carbonyl (C=O) groups excluding carboxylic acids is 2. The van der Waals surface area contributed by atoms with Crippen LogP contribution in [-0.2, 0) is 4.74 Å². The Kier molecular flexibility index (Phi) is 6.18. The van der Waals surface area contributed by atoms with Gasteiger partial charge in [0.15, 0.2) is 11.6 Å². The molecule has 1 heterocycles. The Morgan fingerprint density at radius 1 is 1.22 bits per heavy atom. The molecule has 0 aromatic heterocycles. The summed E-state index contributed by atoms with van der Waals surface area (Å²) in [5.74, 6) is -0.436. The molecule has 0 bridgehead atoms. The van der Waals surface area contributed by atoms with E-state index in [1.165, 1.54) is 25.3 Å². The van der Waals surface area contributed by atoms with Crippen LogP contribution in [0.4, 0.5) is 19.7 Å². The van der Waals surface area contributed by atoms with Crippen molar-refractivity contribution in [3.63, 3.8) is 0 Å². The summed E-state index contributed by atoms with van der Waals surface area (Å²) in [7, 11) is 1.36. The fourth-order valence-electron chi connectivity index (χ4n) is 2.81. The molecule has 2 rings (SSSR count). The normalized spacial score (nSPS) is 16.4. The van der Waals surface area contributed by atoms with Crippen molar-refractivity contribution in [2.24, 2.45) is 0 Å². The van der Waals surface area contributed by atoms with E-state index in [4.69, 9.17) is 9.47 Å². The summed E-state index contributed by atoms with van der Waals surface area (Å²) in [4.78, 5) is 26.1. The maximum absolute atomic E-state index is 13.5. The van der Waals surface area contributed by atoms with Crippen molar-refractivity contribution in [1.29, 1.82) is 0 Å². The smallest absolute Gasteiger partial charge is 0.410 e. The molecule has 7 nitrogen and oxygen atoms in total. The molecule has 0 spiro atoms. The minimum Gasteiger partial charge on any atom is -0.494 e. The average molecular weight is 381 g/mol. The molecule has 0 unspecified atom stereocenters. The molecule has 1 aliphatic rings. The third-order valence-corrected chi connectivity index (χ3v) is 4.34. The number of amides is 3. The average Bonchev–Trinajstić information content (AvgIpc) is 2.55. The highest BCUT2D eigenvalue weighted by molar-refractivity contribution is 5.90. The summed E-state index contributed by atoms with van der Waals surface area (Å²) in [6, 6.07) is 3.72. The highest BCUT2D eigenvalue weighted by atomic mass is 19.1. The largest absolute Gasteiger partial charge is 0.494 e. The Labute approximate surface area is 159 Å². The minimum atomic E-state index is -0.536. The fourth-order valence-corrected chi connectivity index (χ4v) is 2.81. The molecular formula is C19H28FN3O4. The van der Waals surface area contributed by atoms with E-state index in [1.54, 1.807) is 4.90 Å². The number of rotatable bonds is 3. The number of piperidine rings is 1. The van der Waals surface area contributed by atoms with E-state index < -0.39 is 23.0 Å². The zero-order valence-electron chi connectivity index (χ0n) is 16.5. The lowest BCUT2D eigenvalue weighted by molar-refractivity contribution is 0.0165. The molecule has 0 atom stereocenters. The summed E-state index contributed by atoms with van der Waals surface area (Å²) in [5, 5.41) is 5.62. The Hall–Kier alpha value is -2.51. The number of methoxy groups -OCH3 is 1. The number of hydrogen-bond donors (Lipinski definition) is 2. The molecule has 1 aromatic rings. The maximum Gasteiger partial charge on any atom is 0.410 e. The monoisotopic (exact) mass is 381 g/mol. The SMILES string of the molecule is COc1cc(NC(=O)NC2(C)CCN(C(=O)OC(C)(C)C)CC2)ccc1F. The van der Waals surface area contributed by atoms with Gasteiger partial charge in [-0.25, -0.2) is 14.0 Å². The van der Waals surface area contributed by atoms with Crippen molar-refractivity contribution < 1.29 is 23.5 Å². The lowest BCUT2D eigenvalue weighted by Gasteiger charge is -2.40. The van der Waals surface area contributed by atoms with E-state index in [0.717, 1.165) is 0 Å². The molecule has 0 aliphatic carbocycles. The molecular weight excluding hydrogens is 353 g/mol. The van der Waals surface area contributed by atoms with Crippen molar-refractivity contribution in [2.45, 2.75) is 51.7 Å².